The first-order valence-electron chi connectivity index (χ1n) is 3.37. The van der Waals surface area contributed by atoms with Gasteiger partial charge in [-0.25, -0.2) is 0 Å². The second-order valence-electron chi connectivity index (χ2n) is 2.19. The Morgan fingerprint density at radius 2 is 2.27 bits per heavy atom. The van der Waals surface area contributed by atoms with Gasteiger partial charge in [0, 0.05) is 17.2 Å². The van der Waals surface area contributed by atoms with Gasteiger partial charge in [-0.1, -0.05) is 34.7 Å². The fraction of sp³-hybridized carbons (Fsp3) is 0.111. The van der Waals surface area contributed by atoms with Gasteiger partial charge < -0.3 is 5.32 Å². The molecule has 11 heavy (non-hydrogen) atoms. The van der Waals surface area contributed by atoms with Gasteiger partial charge >= 0.3 is 0 Å². The second-order valence-corrected chi connectivity index (χ2v) is 3.10. The Kier molecular flexibility index (Phi) is 2.71. The lowest BCUT2D eigenvalue weighted by Crippen LogP contribution is -1.90. The number of rotatable bonds is 2. The van der Waals surface area contributed by atoms with Gasteiger partial charge in [0.05, 0.1) is 0 Å². The molecule has 0 aliphatic rings. The summed E-state index contributed by atoms with van der Waals surface area (Å²) in [5, 5.41) is 3.09. The van der Waals surface area contributed by atoms with Gasteiger partial charge in [0.25, 0.3) is 0 Å². The summed E-state index contributed by atoms with van der Waals surface area (Å²) in [6, 6.07) is 6.04. The first-order valence-corrected chi connectivity index (χ1v) is 4.17. The highest BCUT2D eigenvalue weighted by Crippen LogP contribution is 2.21. The summed E-state index contributed by atoms with van der Waals surface area (Å²) in [4.78, 5) is 0. The van der Waals surface area contributed by atoms with Crippen LogP contribution in [0.15, 0.2) is 29.3 Å². The molecular formula is C9H10BrN. The molecule has 0 aliphatic carbocycles. The highest BCUT2D eigenvalue weighted by atomic mass is 79.9. The largest absolute Gasteiger partial charge is 0.388 e. The molecule has 1 N–H and O–H groups in total. The van der Waals surface area contributed by atoms with Crippen molar-refractivity contribution >= 4 is 27.7 Å². The maximum Gasteiger partial charge on any atom is 0.0422 e. The van der Waals surface area contributed by atoms with Crippen LogP contribution in [0.1, 0.15) is 5.56 Å². The molecule has 0 radical (unpaired) electrons. The predicted molar refractivity (Wildman–Crippen MR) is 53.8 cm³/mol. The first kappa shape index (κ1) is 8.34. The van der Waals surface area contributed by atoms with Crippen LogP contribution < -0.4 is 5.32 Å². The predicted octanol–water partition coefficient (Wildman–Crippen LogP) is 3.13. The SMILES string of the molecule is C=Cc1ccc(Br)cc1NC. The van der Waals surface area contributed by atoms with Gasteiger partial charge in [0.1, 0.15) is 0 Å². The zero-order valence-corrected chi connectivity index (χ0v) is 7.98. The molecule has 0 fully saturated rings. The zero-order valence-electron chi connectivity index (χ0n) is 6.39. The fourth-order valence-electron chi connectivity index (χ4n) is 0.923. The van der Waals surface area contributed by atoms with Crippen LogP contribution in [-0.4, -0.2) is 7.05 Å². The van der Waals surface area contributed by atoms with E-state index in [0.29, 0.717) is 0 Å². The van der Waals surface area contributed by atoms with E-state index in [4.69, 9.17) is 0 Å². The smallest absolute Gasteiger partial charge is 0.0422 e. The number of nitrogens with one attached hydrogen (secondary N) is 1. The quantitative estimate of drug-likeness (QED) is 0.793. The number of benzene rings is 1. The average molecular weight is 212 g/mol. The van der Waals surface area contributed by atoms with Crippen molar-refractivity contribution in [2.45, 2.75) is 0 Å². The van der Waals surface area contributed by atoms with Crippen LogP contribution in [0, 0.1) is 0 Å². The van der Waals surface area contributed by atoms with Crippen LogP contribution in [0.25, 0.3) is 6.08 Å². The summed E-state index contributed by atoms with van der Waals surface area (Å²) in [5.74, 6) is 0. The molecule has 58 valence electrons. The molecule has 0 spiro atoms. The van der Waals surface area contributed by atoms with E-state index in [1.165, 1.54) is 0 Å². The summed E-state index contributed by atoms with van der Waals surface area (Å²) in [7, 11) is 1.90. The van der Waals surface area contributed by atoms with Crippen LogP contribution in [-0.2, 0) is 0 Å². The van der Waals surface area contributed by atoms with Crippen LogP contribution in [0.3, 0.4) is 0 Å². The van der Waals surface area contributed by atoms with Crippen molar-refractivity contribution in [3.8, 4) is 0 Å². The Bertz CT molecular complexity index is 268. The van der Waals surface area contributed by atoms with E-state index in [1.807, 2.05) is 31.3 Å². The minimum atomic E-state index is 1.08. The molecule has 0 aromatic heterocycles. The van der Waals surface area contributed by atoms with E-state index in [9.17, 15) is 0 Å². The molecule has 2 heteroatoms. The summed E-state index contributed by atoms with van der Waals surface area (Å²) in [6.45, 7) is 3.71. The van der Waals surface area contributed by atoms with Gasteiger partial charge in [-0.15, -0.1) is 0 Å². The van der Waals surface area contributed by atoms with Gasteiger partial charge in [-0.3, -0.25) is 0 Å². The summed E-state index contributed by atoms with van der Waals surface area (Å²) in [6.07, 6.45) is 1.83. The summed E-state index contributed by atoms with van der Waals surface area (Å²) >= 11 is 3.39. The van der Waals surface area contributed by atoms with Crippen LogP contribution in [0.5, 0.6) is 0 Å². The molecular weight excluding hydrogens is 202 g/mol. The minimum Gasteiger partial charge on any atom is -0.388 e. The summed E-state index contributed by atoms with van der Waals surface area (Å²) < 4.78 is 1.08. The Hall–Kier alpha value is -0.760. The number of anilines is 1. The van der Waals surface area contributed by atoms with Crippen LogP contribution >= 0.6 is 15.9 Å². The van der Waals surface area contributed by atoms with Crippen molar-refractivity contribution in [2.24, 2.45) is 0 Å². The highest BCUT2D eigenvalue weighted by molar-refractivity contribution is 9.10. The maximum absolute atomic E-state index is 3.71. The molecule has 0 saturated carbocycles. The molecule has 1 nitrogen and oxygen atoms in total. The molecule has 1 aromatic carbocycles. The third kappa shape index (κ3) is 1.84. The van der Waals surface area contributed by atoms with Gasteiger partial charge in [-0.05, 0) is 17.7 Å². The average Bonchev–Trinajstić information content (AvgIpc) is 2.04. The topological polar surface area (TPSA) is 12.0 Å². The van der Waals surface area contributed by atoms with Crippen molar-refractivity contribution in [3.63, 3.8) is 0 Å². The van der Waals surface area contributed by atoms with E-state index in [0.717, 1.165) is 15.7 Å². The Labute approximate surface area is 75.3 Å². The maximum atomic E-state index is 3.71. The lowest BCUT2D eigenvalue weighted by Gasteiger charge is -2.04. The molecule has 0 saturated heterocycles. The molecule has 0 amide bonds. The van der Waals surface area contributed by atoms with E-state index in [-0.39, 0.29) is 0 Å². The fourth-order valence-corrected chi connectivity index (χ4v) is 1.28. The molecule has 1 aromatic rings. The minimum absolute atomic E-state index is 1.08. The number of halogens is 1. The molecule has 0 aliphatic heterocycles. The van der Waals surface area contributed by atoms with E-state index in [1.54, 1.807) is 0 Å². The van der Waals surface area contributed by atoms with Crippen molar-refractivity contribution in [1.29, 1.82) is 0 Å². The zero-order chi connectivity index (χ0) is 8.27. The lowest BCUT2D eigenvalue weighted by atomic mass is 10.2. The lowest BCUT2D eigenvalue weighted by molar-refractivity contribution is 1.48. The molecule has 0 heterocycles. The molecule has 0 unspecified atom stereocenters. The standard InChI is InChI=1S/C9H10BrN/c1-3-7-4-5-8(10)6-9(7)11-2/h3-6,11H,1H2,2H3. The molecule has 0 bridgehead atoms. The number of hydrogen-bond donors (Lipinski definition) is 1. The van der Waals surface area contributed by atoms with Crippen molar-refractivity contribution in [3.05, 3.63) is 34.8 Å². The number of hydrogen-bond acceptors (Lipinski definition) is 1. The van der Waals surface area contributed by atoms with Crippen LogP contribution in [0.2, 0.25) is 0 Å². The first-order chi connectivity index (χ1) is 5.27. The van der Waals surface area contributed by atoms with E-state index in [2.05, 4.69) is 27.8 Å². The second kappa shape index (κ2) is 3.58. The monoisotopic (exact) mass is 211 g/mol. The van der Waals surface area contributed by atoms with E-state index < -0.39 is 0 Å². The van der Waals surface area contributed by atoms with Crippen molar-refractivity contribution in [1.82, 2.24) is 0 Å². The Balaban J connectivity index is 3.16. The molecule has 0 atom stereocenters. The van der Waals surface area contributed by atoms with Crippen LogP contribution in [0.4, 0.5) is 5.69 Å². The van der Waals surface area contributed by atoms with Gasteiger partial charge in [0.15, 0.2) is 0 Å². The third-order valence-corrected chi connectivity index (χ3v) is 2.00. The normalized spacial score (nSPS) is 9.27. The van der Waals surface area contributed by atoms with Gasteiger partial charge in [0.2, 0.25) is 0 Å². The van der Waals surface area contributed by atoms with E-state index >= 15 is 0 Å². The Morgan fingerprint density at radius 1 is 1.55 bits per heavy atom. The summed E-state index contributed by atoms with van der Waals surface area (Å²) in [5.41, 5.74) is 2.21. The van der Waals surface area contributed by atoms with Crippen molar-refractivity contribution in [2.75, 3.05) is 12.4 Å². The molecule has 1 rings (SSSR count). The van der Waals surface area contributed by atoms with Gasteiger partial charge in [-0.2, -0.15) is 0 Å². The highest BCUT2D eigenvalue weighted by Gasteiger charge is 1.95. The Morgan fingerprint density at radius 3 is 2.82 bits per heavy atom. The third-order valence-electron chi connectivity index (χ3n) is 1.50. The van der Waals surface area contributed by atoms with Crippen molar-refractivity contribution < 1.29 is 0 Å².